The molecule has 0 aliphatic heterocycles. The van der Waals surface area contributed by atoms with Crippen molar-refractivity contribution in [1.29, 1.82) is 0 Å². The molecule has 0 atom stereocenters. The van der Waals surface area contributed by atoms with Crippen molar-refractivity contribution in [3.05, 3.63) is 65.0 Å². The number of carbonyl (C=O) groups excluding carboxylic acids is 1. The number of amides is 1. The number of hydrogen-bond donors (Lipinski definition) is 1. The molecule has 3 rings (SSSR count). The second-order valence-electron chi connectivity index (χ2n) is 5.97. The van der Waals surface area contributed by atoms with Crippen LogP contribution in [0.15, 0.2) is 48.8 Å². The first-order chi connectivity index (χ1) is 11.9. The van der Waals surface area contributed by atoms with Gasteiger partial charge in [0.05, 0.1) is 0 Å². The number of pyridine rings is 1. The van der Waals surface area contributed by atoms with Gasteiger partial charge in [-0.15, -0.1) is 0 Å². The molecule has 2 heterocycles. The highest BCUT2D eigenvalue weighted by atomic mass is 35.5. The minimum absolute atomic E-state index is 0.0872. The monoisotopic (exact) mass is 354 g/mol. The maximum Gasteiger partial charge on any atom is 0.246 e. The van der Waals surface area contributed by atoms with Crippen LogP contribution in [0.25, 0.3) is 17.0 Å². The first-order valence-corrected chi connectivity index (χ1v) is 8.20. The van der Waals surface area contributed by atoms with Crippen molar-refractivity contribution in [2.75, 3.05) is 12.8 Å². The molecule has 5 nitrogen and oxygen atoms in total. The minimum Gasteiger partial charge on any atom is -0.384 e. The van der Waals surface area contributed by atoms with Crippen LogP contribution < -0.4 is 5.73 Å². The number of nitrogens with zero attached hydrogens (tertiary/aromatic N) is 3. The Hall–Kier alpha value is -2.79. The Morgan fingerprint density at radius 1 is 1.36 bits per heavy atom. The van der Waals surface area contributed by atoms with E-state index in [2.05, 4.69) is 4.98 Å². The van der Waals surface area contributed by atoms with Gasteiger partial charge in [-0.3, -0.25) is 4.79 Å². The van der Waals surface area contributed by atoms with Crippen LogP contribution in [-0.2, 0) is 18.4 Å². The number of aromatic nitrogens is 2. The minimum atomic E-state index is -0.0872. The molecule has 2 N–H and O–H groups in total. The predicted molar refractivity (Wildman–Crippen MR) is 102 cm³/mol. The lowest BCUT2D eigenvalue weighted by Gasteiger charge is -2.14. The van der Waals surface area contributed by atoms with E-state index in [4.69, 9.17) is 17.3 Å². The van der Waals surface area contributed by atoms with Crippen LogP contribution in [0.3, 0.4) is 0 Å². The van der Waals surface area contributed by atoms with Crippen LogP contribution in [-0.4, -0.2) is 27.4 Å². The molecule has 0 bridgehead atoms. The van der Waals surface area contributed by atoms with Gasteiger partial charge in [0, 0.05) is 55.0 Å². The van der Waals surface area contributed by atoms with Crippen LogP contribution in [0.5, 0.6) is 0 Å². The molecule has 0 fully saturated rings. The SMILES string of the molecule is CN(Cc1cn(C)c2ccc(Cl)cc12)C(=O)/C=C/c1ccc(N)nc1. The van der Waals surface area contributed by atoms with Crippen LogP contribution in [0.1, 0.15) is 11.1 Å². The summed E-state index contributed by atoms with van der Waals surface area (Å²) in [6.45, 7) is 0.501. The van der Waals surface area contributed by atoms with Gasteiger partial charge in [-0.05, 0) is 47.5 Å². The molecule has 6 heteroatoms. The van der Waals surface area contributed by atoms with Crippen LogP contribution in [0, 0.1) is 0 Å². The Labute approximate surface area is 151 Å². The topological polar surface area (TPSA) is 64.2 Å². The molecule has 128 valence electrons. The molecule has 1 aromatic carbocycles. The Kier molecular flexibility index (Phi) is 4.76. The highest BCUT2D eigenvalue weighted by Gasteiger charge is 2.12. The molecular weight excluding hydrogens is 336 g/mol. The lowest BCUT2D eigenvalue weighted by atomic mass is 10.1. The number of fused-ring (bicyclic) bond motifs is 1. The second-order valence-corrected chi connectivity index (χ2v) is 6.41. The Balaban J connectivity index is 1.75. The van der Waals surface area contributed by atoms with Gasteiger partial charge in [0.15, 0.2) is 0 Å². The molecule has 0 unspecified atom stereocenters. The number of nitrogens with two attached hydrogens (primary N) is 1. The summed E-state index contributed by atoms with van der Waals surface area (Å²) in [5.74, 6) is 0.367. The van der Waals surface area contributed by atoms with E-state index in [1.54, 1.807) is 30.3 Å². The van der Waals surface area contributed by atoms with E-state index in [9.17, 15) is 4.79 Å². The van der Waals surface area contributed by atoms with Gasteiger partial charge in [-0.1, -0.05) is 11.6 Å². The lowest BCUT2D eigenvalue weighted by Crippen LogP contribution is -2.24. The van der Waals surface area contributed by atoms with Gasteiger partial charge in [-0.2, -0.15) is 0 Å². The summed E-state index contributed by atoms with van der Waals surface area (Å²) in [6, 6.07) is 9.30. The number of hydrogen-bond acceptors (Lipinski definition) is 3. The van der Waals surface area contributed by atoms with Gasteiger partial charge in [0.1, 0.15) is 5.82 Å². The number of carbonyl (C=O) groups is 1. The van der Waals surface area contributed by atoms with Crippen molar-refractivity contribution >= 4 is 40.3 Å². The highest BCUT2D eigenvalue weighted by Crippen LogP contribution is 2.25. The molecule has 1 amide bonds. The normalized spacial score (nSPS) is 11.3. The highest BCUT2D eigenvalue weighted by molar-refractivity contribution is 6.31. The van der Waals surface area contributed by atoms with Crippen molar-refractivity contribution in [2.24, 2.45) is 7.05 Å². The molecule has 0 aliphatic rings. The fourth-order valence-electron chi connectivity index (χ4n) is 2.72. The largest absolute Gasteiger partial charge is 0.384 e. The molecule has 25 heavy (non-hydrogen) atoms. The van der Waals surface area contributed by atoms with Crippen molar-refractivity contribution in [3.8, 4) is 0 Å². The molecule has 0 spiro atoms. The number of likely N-dealkylation sites (N-methyl/N-ethyl adjacent to an activating group) is 1. The Bertz CT molecular complexity index is 944. The predicted octanol–water partition coefficient (Wildman–Crippen LogP) is 3.48. The Morgan fingerprint density at radius 2 is 2.16 bits per heavy atom. The van der Waals surface area contributed by atoms with E-state index in [1.165, 1.54) is 6.08 Å². The van der Waals surface area contributed by atoms with Gasteiger partial charge in [0.2, 0.25) is 5.91 Å². The number of nitrogen functional groups attached to an aromatic ring is 1. The zero-order valence-corrected chi connectivity index (χ0v) is 14.9. The quantitative estimate of drug-likeness (QED) is 0.729. The fourth-order valence-corrected chi connectivity index (χ4v) is 2.89. The first-order valence-electron chi connectivity index (χ1n) is 7.82. The van der Waals surface area contributed by atoms with Crippen LogP contribution in [0.2, 0.25) is 5.02 Å². The number of benzene rings is 1. The summed E-state index contributed by atoms with van der Waals surface area (Å²) in [4.78, 5) is 18.0. The summed E-state index contributed by atoms with van der Waals surface area (Å²) >= 11 is 6.11. The van der Waals surface area contributed by atoms with E-state index in [0.29, 0.717) is 17.4 Å². The van der Waals surface area contributed by atoms with E-state index >= 15 is 0 Å². The van der Waals surface area contributed by atoms with Crippen molar-refractivity contribution in [2.45, 2.75) is 6.54 Å². The summed E-state index contributed by atoms with van der Waals surface area (Å²) in [5.41, 5.74) is 8.52. The number of anilines is 1. The number of halogens is 1. The standard InChI is InChI=1S/C19H19ClN4O/c1-23-11-14(16-9-15(20)5-6-17(16)23)12-24(2)19(25)8-4-13-3-7-18(21)22-10-13/h3-11H,12H2,1-2H3,(H2,21,22)/b8-4+. The summed E-state index contributed by atoms with van der Waals surface area (Å²) in [7, 11) is 3.76. The first kappa shape index (κ1) is 17.0. The van der Waals surface area contributed by atoms with Crippen molar-refractivity contribution in [1.82, 2.24) is 14.5 Å². The maximum absolute atomic E-state index is 12.4. The fraction of sp³-hybridized carbons (Fsp3) is 0.158. The average molecular weight is 355 g/mol. The molecule has 0 aliphatic carbocycles. The van der Waals surface area contributed by atoms with E-state index in [0.717, 1.165) is 22.0 Å². The molecule has 2 aromatic heterocycles. The zero-order valence-electron chi connectivity index (χ0n) is 14.1. The molecule has 0 radical (unpaired) electrons. The Morgan fingerprint density at radius 3 is 2.88 bits per heavy atom. The summed E-state index contributed by atoms with van der Waals surface area (Å²) in [5, 5.41) is 1.74. The van der Waals surface area contributed by atoms with Gasteiger partial charge in [0.25, 0.3) is 0 Å². The number of rotatable bonds is 4. The van der Waals surface area contributed by atoms with E-state index in [1.807, 2.05) is 42.1 Å². The van der Waals surface area contributed by atoms with Crippen LogP contribution in [0.4, 0.5) is 5.82 Å². The maximum atomic E-state index is 12.4. The molecule has 0 saturated carbocycles. The zero-order chi connectivity index (χ0) is 18.0. The second kappa shape index (κ2) is 6.99. The van der Waals surface area contributed by atoms with Gasteiger partial charge < -0.3 is 15.2 Å². The van der Waals surface area contributed by atoms with E-state index in [-0.39, 0.29) is 5.91 Å². The third kappa shape index (κ3) is 3.83. The third-order valence-electron chi connectivity index (χ3n) is 4.05. The van der Waals surface area contributed by atoms with Crippen molar-refractivity contribution in [3.63, 3.8) is 0 Å². The van der Waals surface area contributed by atoms with Gasteiger partial charge in [-0.25, -0.2) is 4.98 Å². The van der Waals surface area contributed by atoms with Gasteiger partial charge >= 0.3 is 0 Å². The smallest absolute Gasteiger partial charge is 0.246 e. The molecule has 0 saturated heterocycles. The average Bonchev–Trinajstić information content (AvgIpc) is 2.89. The lowest BCUT2D eigenvalue weighted by molar-refractivity contribution is -0.125. The van der Waals surface area contributed by atoms with E-state index < -0.39 is 0 Å². The molecule has 3 aromatic rings. The summed E-state index contributed by atoms with van der Waals surface area (Å²) in [6.07, 6.45) is 6.92. The third-order valence-corrected chi connectivity index (χ3v) is 4.28. The van der Waals surface area contributed by atoms with Crippen molar-refractivity contribution < 1.29 is 4.79 Å². The summed E-state index contributed by atoms with van der Waals surface area (Å²) < 4.78 is 2.04. The number of aryl methyl sites for hydroxylation is 1. The van der Waals surface area contributed by atoms with Crippen LogP contribution >= 0.6 is 11.6 Å². The molecular formula is C19H19ClN4O.